The number of rotatable bonds is 3. The Labute approximate surface area is 140 Å². The first-order valence-electron chi connectivity index (χ1n) is 7.80. The van der Waals surface area contributed by atoms with Gasteiger partial charge >= 0.3 is 17.4 Å². The molecule has 1 atom stereocenters. The summed E-state index contributed by atoms with van der Waals surface area (Å²) in [5, 5.41) is 5.84. The van der Waals surface area contributed by atoms with E-state index in [4.69, 9.17) is 4.42 Å². The summed E-state index contributed by atoms with van der Waals surface area (Å²) in [7, 11) is 0. The Kier molecular flexibility index (Phi) is 5.07. The van der Waals surface area contributed by atoms with Crippen molar-refractivity contribution in [2.75, 3.05) is 11.9 Å². The van der Waals surface area contributed by atoms with Crippen molar-refractivity contribution >= 4 is 28.5 Å². The molecule has 0 radical (unpaired) electrons. The summed E-state index contributed by atoms with van der Waals surface area (Å²) in [6.45, 7) is 8.69. The molecule has 0 saturated carbocycles. The molecular formula is C18H22N2O4. The Hall–Kier alpha value is -2.63. The molecule has 1 heterocycles. The monoisotopic (exact) mass is 330 g/mol. The number of nitrogens with one attached hydrogen (secondary N) is 2. The van der Waals surface area contributed by atoms with Gasteiger partial charge in [-0.05, 0) is 35.6 Å². The van der Waals surface area contributed by atoms with Crippen LogP contribution in [0.5, 0.6) is 0 Å². The minimum atomic E-state index is -0.729. The average molecular weight is 330 g/mol. The molecule has 24 heavy (non-hydrogen) atoms. The van der Waals surface area contributed by atoms with Crippen LogP contribution in [-0.2, 0) is 9.59 Å². The molecule has 0 fully saturated rings. The predicted octanol–water partition coefficient (Wildman–Crippen LogP) is 2.53. The molecule has 0 aliphatic carbocycles. The second-order valence-corrected chi connectivity index (χ2v) is 6.94. The average Bonchev–Trinajstić information content (AvgIpc) is 2.51. The molecule has 6 nitrogen and oxygen atoms in total. The van der Waals surface area contributed by atoms with Gasteiger partial charge in [0.15, 0.2) is 0 Å². The number of benzene rings is 1. The molecule has 0 spiro atoms. The molecule has 2 rings (SSSR count). The van der Waals surface area contributed by atoms with E-state index < -0.39 is 17.4 Å². The van der Waals surface area contributed by atoms with E-state index in [1.807, 2.05) is 6.92 Å². The lowest BCUT2D eigenvalue weighted by Gasteiger charge is -2.27. The van der Waals surface area contributed by atoms with Crippen LogP contribution in [-0.4, -0.2) is 18.4 Å². The number of amides is 2. The molecule has 0 aliphatic rings. The van der Waals surface area contributed by atoms with E-state index in [0.29, 0.717) is 23.2 Å². The number of anilines is 1. The summed E-state index contributed by atoms with van der Waals surface area (Å²) < 4.78 is 5.02. The Balaban J connectivity index is 2.00. The topological polar surface area (TPSA) is 88.4 Å². The summed E-state index contributed by atoms with van der Waals surface area (Å²) in [6, 6.07) is 7.69. The maximum absolute atomic E-state index is 12.0. The highest BCUT2D eigenvalue weighted by atomic mass is 16.4. The van der Waals surface area contributed by atoms with Crippen molar-refractivity contribution < 1.29 is 14.0 Å². The highest BCUT2D eigenvalue weighted by molar-refractivity contribution is 6.39. The highest BCUT2D eigenvalue weighted by Gasteiger charge is 2.22. The van der Waals surface area contributed by atoms with Gasteiger partial charge in [-0.1, -0.05) is 27.7 Å². The van der Waals surface area contributed by atoms with Crippen LogP contribution < -0.4 is 16.3 Å². The first-order valence-corrected chi connectivity index (χ1v) is 7.80. The predicted molar refractivity (Wildman–Crippen MR) is 92.7 cm³/mol. The largest absolute Gasteiger partial charge is 0.423 e. The molecule has 1 aromatic carbocycles. The Morgan fingerprint density at radius 3 is 2.50 bits per heavy atom. The third kappa shape index (κ3) is 4.44. The molecule has 128 valence electrons. The standard InChI is InChI=1S/C18H22N2O4/c1-11(18(2,3)4)10-19-16(22)17(23)20-13-6-7-14-12(9-13)5-8-15(21)24-14/h5-9,11H,10H2,1-4H3,(H,19,22)(H,20,23)/t11-/m0/s1. The number of fused-ring (bicyclic) bond motifs is 1. The quantitative estimate of drug-likeness (QED) is 0.668. The van der Waals surface area contributed by atoms with Gasteiger partial charge < -0.3 is 15.1 Å². The van der Waals surface area contributed by atoms with Crippen molar-refractivity contribution in [3.63, 3.8) is 0 Å². The molecule has 1 aromatic heterocycles. The minimum absolute atomic E-state index is 0.0476. The van der Waals surface area contributed by atoms with Gasteiger partial charge in [0.1, 0.15) is 5.58 Å². The zero-order valence-electron chi connectivity index (χ0n) is 14.3. The number of hydrogen-bond acceptors (Lipinski definition) is 4. The fourth-order valence-electron chi connectivity index (χ4n) is 1.97. The van der Waals surface area contributed by atoms with E-state index in [-0.39, 0.29) is 11.3 Å². The highest BCUT2D eigenvalue weighted by Crippen LogP contribution is 2.24. The zero-order chi connectivity index (χ0) is 17.9. The van der Waals surface area contributed by atoms with Gasteiger partial charge in [-0.25, -0.2) is 4.79 Å². The van der Waals surface area contributed by atoms with Crippen molar-refractivity contribution in [2.24, 2.45) is 11.3 Å². The van der Waals surface area contributed by atoms with Gasteiger partial charge in [-0.3, -0.25) is 9.59 Å². The molecule has 6 heteroatoms. The fourth-order valence-corrected chi connectivity index (χ4v) is 1.97. The lowest BCUT2D eigenvalue weighted by molar-refractivity contribution is -0.136. The van der Waals surface area contributed by atoms with Crippen LogP contribution in [0.1, 0.15) is 27.7 Å². The maximum Gasteiger partial charge on any atom is 0.336 e. The van der Waals surface area contributed by atoms with Gasteiger partial charge in [-0.15, -0.1) is 0 Å². The summed E-state index contributed by atoms with van der Waals surface area (Å²) in [4.78, 5) is 35.0. The van der Waals surface area contributed by atoms with Crippen molar-refractivity contribution in [1.29, 1.82) is 0 Å². The molecule has 0 saturated heterocycles. The normalized spacial score (nSPS) is 12.7. The van der Waals surface area contributed by atoms with Gasteiger partial charge in [0.2, 0.25) is 0 Å². The first kappa shape index (κ1) is 17.7. The van der Waals surface area contributed by atoms with Crippen molar-refractivity contribution in [1.82, 2.24) is 5.32 Å². The molecule has 0 unspecified atom stereocenters. The molecule has 2 amide bonds. The second-order valence-electron chi connectivity index (χ2n) is 6.94. The van der Waals surface area contributed by atoms with Crippen LogP contribution in [0.2, 0.25) is 0 Å². The fraction of sp³-hybridized carbons (Fsp3) is 0.389. The van der Waals surface area contributed by atoms with E-state index in [2.05, 4.69) is 31.4 Å². The van der Waals surface area contributed by atoms with Crippen LogP contribution >= 0.6 is 0 Å². The molecule has 2 N–H and O–H groups in total. The van der Waals surface area contributed by atoms with Crippen LogP contribution in [0.25, 0.3) is 11.0 Å². The van der Waals surface area contributed by atoms with Gasteiger partial charge in [0.25, 0.3) is 0 Å². The Morgan fingerprint density at radius 1 is 1.12 bits per heavy atom. The summed E-state index contributed by atoms with van der Waals surface area (Å²) in [5.41, 5.74) is 0.488. The van der Waals surface area contributed by atoms with E-state index in [9.17, 15) is 14.4 Å². The van der Waals surface area contributed by atoms with E-state index in [1.54, 1.807) is 24.3 Å². The van der Waals surface area contributed by atoms with Crippen LogP contribution in [0.3, 0.4) is 0 Å². The number of carbonyl (C=O) groups excluding carboxylic acids is 2. The lowest BCUT2D eigenvalue weighted by atomic mass is 9.82. The van der Waals surface area contributed by atoms with E-state index >= 15 is 0 Å². The Morgan fingerprint density at radius 2 is 1.83 bits per heavy atom. The molecular weight excluding hydrogens is 308 g/mol. The molecule has 2 aromatic rings. The van der Waals surface area contributed by atoms with Gasteiger partial charge in [0, 0.05) is 23.7 Å². The van der Waals surface area contributed by atoms with E-state index in [0.717, 1.165) is 0 Å². The summed E-state index contributed by atoms with van der Waals surface area (Å²) in [5.74, 6) is -1.17. The molecule has 0 aliphatic heterocycles. The third-order valence-electron chi connectivity index (χ3n) is 4.13. The summed E-state index contributed by atoms with van der Waals surface area (Å²) in [6.07, 6.45) is 0. The number of carbonyl (C=O) groups is 2. The molecule has 0 bridgehead atoms. The van der Waals surface area contributed by atoms with E-state index in [1.165, 1.54) is 6.07 Å². The van der Waals surface area contributed by atoms with Gasteiger partial charge in [-0.2, -0.15) is 0 Å². The number of hydrogen-bond donors (Lipinski definition) is 2. The van der Waals surface area contributed by atoms with Crippen LogP contribution in [0.15, 0.2) is 39.5 Å². The lowest BCUT2D eigenvalue weighted by Crippen LogP contribution is -2.40. The van der Waals surface area contributed by atoms with Crippen LogP contribution in [0.4, 0.5) is 5.69 Å². The van der Waals surface area contributed by atoms with Crippen molar-refractivity contribution in [3.8, 4) is 0 Å². The second kappa shape index (κ2) is 6.86. The zero-order valence-corrected chi connectivity index (χ0v) is 14.3. The smallest absolute Gasteiger partial charge is 0.336 e. The first-order chi connectivity index (χ1) is 11.2. The summed E-state index contributed by atoms with van der Waals surface area (Å²) >= 11 is 0. The van der Waals surface area contributed by atoms with Crippen LogP contribution in [0, 0.1) is 11.3 Å². The minimum Gasteiger partial charge on any atom is -0.423 e. The van der Waals surface area contributed by atoms with Gasteiger partial charge in [0.05, 0.1) is 0 Å². The Bertz CT molecular complexity index is 818. The third-order valence-corrected chi connectivity index (χ3v) is 4.13. The van der Waals surface area contributed by atoms with Crippen molar-refractivity contribution in [2.45, 2.75) is 27.7 Å². The van der Waals surface area contributed by atoms with Crippen molar-refractivity contribution in [3.05, 3.63) is 40.8 Å². The maximum atomic E-state index is 12.0. The SMILES string of the molecule is C[C@@H](CNC(=O)C(=O)Nc1ccc2oc(=O)ccc2c1)C(C)(C)C.